The number of hydrogen-bond donors (Lipinski definition) is 1. The van der Waals surface area contributed by atoms with E-state index in [0.29, 0.717) is 30.0 Å². The number of carboxylic acid groups (broad SMARTS) is 1. The van der Waals surface area contributed by atoms with Crippen LogP contribution < -0.4 is 9.47 Å². The molecule has 0 saturated carbocycles. The van der Waals surface area contributed by atoms with Crippen LogP contribution in [-0.4, -0.2) is 42.8 Å². The zero-order valence-corrected chi connectivity index (χ0v) is 15.8. The second-order valence-electron chi connectivity index (χ2n) is 6.74. The van der Waals surface area contributed by atoms with Gasteiger partial charge in [0.25, 0.3) is 0 Å². The Balaban J connectivity index is 2.22. The molecule has 1 fully saturated rings. The van der Waals surface area contributed by atoms with Crippen molar-refractivity contribution in [2.45, 2.75) is 31.3 Å². The minimum atomic E-state index is -0.964. The zero-order chi connectivity index (χ0) is 20.3. The number of nitrogens with zero attached hydrogens (tertiary/aromatic N) is 1. The van der Waals surface area contributed by atoms with E-state index in [1.807, 2.05) is 0 Å². The van der Waals surface area contributed by atoms with E-state index in [4.69, 9.17) is 9.47 Å². The molecule has 1 saturated heterocycles. The number of para-hydroxylation sites is 1. The normalized spacial score (nSPS) is 18.5. The SMILES string of the molecule is COc1cccc(C(c2ccc(F)cc2F)N2CCCCC2C(=O)O)c1OC. The standard InChI is InChI=1S/C21H23F2NO4/c1-27-18-8-5-6-15(20(18)28-2)19(14-10-9-13(22)12-16(14)23)24-11-4-3-7-17(24)21(25)26/h5-6,8-10,12,17,19H,3-4,7,11H2,1-2H3,(H,25,26). The Morgan fingerprint density at radius 1 is 1.14 bits per heavy atom. The third-order valence-electron chi connectivity index (χ3n) is 5.15. The molecule has 1 heterocycles. The molecule has 0 radical (unpaired) electrons. The lowest BCUT2D eigenvalue weighted by Gasteiger charge is -2.40. The summed E-state index contributed by atoms with van der Waals surface area (Å²) in [6.45, 7) is 0.471. The van der Waals surface area contributed by atoms with Crippen molar-refractivity contribution < 1.29 is 28.2 Å². The number of carbonyl (C=O) groups is 1. The Hall–Kier alpha value is -2.67. The minimum absolute atomic E-state index is 0.195. The molecule has 0 amide bonds. The van der Waals surface area contributed by atoms with Gasteiger partial charge in [0.05, 0.1) is 20.3 Å². The molecule has 0 aliphatic carbocycles. The summed E-state index contributed by atoms with van der Waals surface area (Å²) in [6, 6.07) is 7.03. The molecule has 2 aromatic carbocycles. The van der Waals surface area contributed by atoms with Crippen molar-refractivity contribution in [1.82, 2.24) is 4.90 Å². The van der Waals surface area contributed by atoms with Gasteiger partial charge in [0.1, 0.15) is 17.7 Å². The fourth-order valence-corrected chi connectivity index (χ4v) is 3.90. The van der Waals surface area contributed by atoms with Crippen LogP contribution in [-0.2, 0) is 4.79 Å². The molecule has 7 heteroatoms. The highest BCUT2D eigenvalue weighted by Crippen LogP contribution is 2.43. The van der Waals surface area contributed by atoms with Crippen molar-refractivity contribution in [3.05, 3.63) is 59.2 Å². The molecule has 150 valence electrons. The van der Waals surface area contributed by atoms with Crippen LogP contribution in [0.25, 0.3) is 0 Å². The van der Waals surface area contributed by atoms with E-state index in [0.717, 1.165) is 18.9 Å². The van der Waals surface area contributed by atoms with E-state index in [2.05, 4.69) is 0 Å². The van der Waals surface area contributed by atoms with Crippen molar-refractivity contribution in [2.24, 2.45) is 0 Å². The van der Waals surface area contributed by atoms with E-state index in [9.17, 15) is 18.7 Å². The Morgan fingerprint density at radius 3 is 2.57 bits per heavy atom. The highest BCUT2D eigenvalue weighted by atomic mass is 19.1. The van der Waals surface area contributed by atoms with E-state index in [1.54, 1.807) is 23.1 Å². The molecule has 1 aliphatic heterocycles. The number of aliphatic carboxylic acids is 1. The number of benzene rings is 2. The first-order valence-corrected chi connectivity index (χ1v) is 9.12. The monoisotopic (exact) mass is 391 g/mol. The van der Waals surface area contributed by atoms with Crippen LogP contribution in [0.2, 0.25) is 0 Å². The summed E-state index contributed by atoms with van der Waals surface area (Å²) in [5.41, 5.74) is 0.765. The number of carboxylic acids is 1. The van der Waals surface area contributed by atoms with Crippen molar-refractivity contribution in [1.29, 1.82) is 0 Å². The molecule has 28 heavy (non-hydrogen) atoms. The predicted molar refractivity (Wildman–Crippen MR) is 99.7 cm³/mol. The molecule has 1 N–H and O–H groups in total. The number of likely N-dealkylation sites (tertiary alicyclic amines) is 1. The largest absolute Gasteiger partial charge is 0.493 e. The van der Waals surface area contributed by atoms with Gasteiger partial charge in [-0.25, -0.2) is 8.78 Å². The molecule has 0 aromatic heterocycles. The van der Waals surface area contributed by atoms with Gasteiger partial charge in [-0.3, -0.25) is 9.69 Å². The van der Waals surface area contributed by atoms with Gasteiger partial charge >= 0.3 is 5.97 Å². The van der Waals surface area contributed by atoms with Crippen LogP contribution >= 0.6 is 0 Å². The molecule has 2 unspecified atom stereocenters. The van der Waals surface area contributed by atoms with Crippen LogP contribution in [0, 0.1) is 11.6 Å². The van der Waals surface area contributed by atoms with Gasteiger partial charge in [0.2, 0.25) is 0 Å². The van der Waals surface area contributed by atoms with Crippen LogP contribution in [0.1, 0.15) is 36.4 Å². The van der Waals surface area contributed by atoms with Crippen molar-refractivity contribution in [3.8, 4) is 11.5 Å². The third-order valence-corrected chi connectivity index (χ3v) is 5.15. The maximum atomic E-state index is 14.8. The van der Waals surface area contributed by atoms with Crippen LogP contribution in [0.15, 0.2) is 36.4 Å². The van der Waals surface area contributed by atoms with Crippen molar-refractivity contribution >= 4 is 5.97 Å². The highest BCUT2D eigenvalue weighted by Gasteiger charge is 2.38. The van der Waals surface area contributed by atoms with Gasteiger partial charge in [-0.15, -0.1) is 0 Å². The zero-order valence-electron chi connectivity index (χ0n) is 15.8. The van der Waals surface area contributed by atoms with E-state index >= 15 is 0 Å². The van der Waals surface area contributed by atoms with Gasteiger partial charge in [-0.2, -0.15) is 0 Å². The first kappa shape index (κ1) is 20.1. The highest BCUT2D eigenvalue weighted by molar-refractivity contribution is 5.74. The molecule has 1 aliphatic rings. The summed E-state index contributed by atoms with van der Waals surface area (Å²) < 4.78 is 39.2. The average molecular weight is 391 g/mol. The summed E-state index contributed by atoms with van der Waals surface area (Å²) in [5, 5.41) is 9.74. The minimum Gasteiger partial charge on any atom is -0.493 e. The number of piperidine rings is 1. The maximum Gasteiger partial charge on any atom is 0.320 e. The van der Waals surface area contributed by atoms with Crippen molar-refractivity contribution in [3.63, 3.8) is 0 Å². The Bertz CT molecular complexity index is 858. The molecule has 3 rings (SSSR count). The second-order valence-corrected chi connectivity index (χ2v) is 6.74. The number of hydrogen-bond acceptors (Lipinski definition) is 4. The Kier molecular flexibility index (Phi) is 6.14. The molecule has 2 aromatic rings. The van der Waals surface area contributed by atoms with Crippen LogP contribution in [0.5, 0.6) is 11.5 Å². The van der Waals surface area contributed by atoms with Gasteiger partial charge in [0.15, 0.2) is 11.5 Å². The van der Waals surface area contributed by atoms with Gasteiger partial charge in [-0.05, 0) is 31.5 Å². The number of methoxy groups -OCH3 is 2. The summed E-state index contributed by atoms with van der Waals surface area (Å²) in [6.07, 6.45) is 2.03. The lowest BCUT2D eigenvalue weighted by Crippen LogP contribution is -2.47. The number of halogens is 2. The molecule has 0 bridgehead atoms. The molecular formula is C21H23F2NO4. The Labute approximate surface area is 162 Å². The maximum absolute atomic E-state index is 14.8. The van der Waals surface area contributed by atoms with E-state index in [1.165, 1.54) is 26.4 Å². The predicted octanol–water partition coefficient (Wildman–Crippen LogP) is 4.01. The molecular weight excluding hydrogens is 368 g/mol. The lowest BCUT2D eigenvalue weighted by atomic mass is 9.90. The van der Waals surface area contributed by atoms with Gasteiger partial charge in [-0.1, -0.05) is 24.6 Å². The quantitative estimate of drug-likeness (QED) is 0.806. The summed E-state index contributed by atoms with van der Waals surface area (Å²) in [7, 11) is 2.97. The summed E-state index contributed by atoms with van der Waals surface area (Å²) >= 11 is 0. The van der Waals surface area contributed by atoms with Gasteiger partial charge in [0, 0.05) is 17.2 Å². The van der Waals surface area contributed by atoms with E-state index < -0.39 is 29.7 Å². The third kappa shape index (κ3) is 3.80. The average Bonchev–Trinajstić information content (AvgIpc) is 2.69. The van der Waals surface area contributed by atoms with E-state index in [-0.39, 0.29) is 5.56 Å². The van der Waals surface area contributed by atoms with Gasteiger partial charge < -0.3 is 14.6 Å². The number of rotatable bonds is 6. The topological polar surface area (TPSA) is 59.0 Å². The number of ether oxygens (including phenoxy) is 2. The molecule has 0 spiro atoms. The fraction of sp³-hybridized carbons (Fsp3) is 0.381. The summed E-state index contributed by atoms with van der Waals surface area (Å²) in [5.74, 6) is -1.53. The Morgan fingerprint density at radius 2 is 1.93 bits per heavy atom. The summed E-state index contributed by atoms with van der Waals surface area (Å²) in [4.78, 5) is 13.6. The fourth-order valence-electron chi connectivity index (χ4n) is 3.90. The lowest BCUT2D eigenvalue weighted by molar-refractivity contribution is -0.145. The van der Waals surface area contributed by atoms with Crippen molar-refractivity contribution in [2.75, 3.05) is 20.8 Å². The van der Waals surface area contributed by atoms with Crippen LogP contribution in [0.4, 0.5) is 8.78 Å². The molecule has 5 nitrogen and oxygen atoms in total. The van der Waals surface area contributed by atoms with Crippen LogP contribution in [0.3, 0.4) is 0 Å². The first-order valence-electron chi connectivity index (χ1n) is 9.12. The second kappa shape index (κ2) is 8.56. The smallest absolute Gasteiger partial charge is 0.320 e. The molecule has 2 atom stereocenters. The first-order chi connectivity index (χ1) is 13.5.